The average molecular weight is 254 g/mol. The van der Waals surface area contributed by atoms with Gasteiger partial charge in [0, 0.05) is 18.7 Å². The molecule has 0 aliphatic carbocycles. The fourth-order valence-electron chi connectivity index (χ4n) is 2.08. The van der Waals surface area contributed by atoms with E-state index in [0.717, 1.165) is 37.6 Å². The van der Waals surface area contributed by atoms with Crippen molar-refractivity contribution in [3.8, 4) is 0 Å². The van der Waals surface area contributed by atoms with E-state index in [1.54, 1.807) is 0 Å². The molecular weight excluding hydrogens is 238 g/mol. The maximum Gasteiger partial charge on any atom is 0.224 e. The van der Waals surface area contributed by atoms with E-state index in [9.17, 15) is 13.6 Å². The van der Waals surface area contributed by atoms with Crippen molar-refractivity contribution in [1.82, 2.24) is 10.6 Å². The van der Waals surface area contributed by atoms with Crippen LogP contribution in [0.2, 0.25) is 0 Å². The van der Waals surface area contributed by atoms with E-state index >= 15 is 0 Å². The van der Waals surface area contributed by atoms with Crippen molar-refractivity contribution in [2.45, 2.75) is 19.4 Å². The number of hydrogen-bond acceptors (Lipinski definition) is 2. The van der Waals surface area contributed by atoms with Gasteiger partial charge in [-0.05, 0) is 37.6 Å². The summed E-state index contributed by atoms with van der Waals surface area (Å²) in [6.07, 6.45) is 1.80. The van der Waals surface area contributed by atoms with Gasteiger partial charge in [-0.25, -0.2) is 8.78 Å². The highest BCUT2D eigenvalue weighted by Gasteiger charge is 2.20. The van der Waals surface area contributed by atoms with E-state index in [4.69, 9.17) is 0 Å². The number of halogens is 2. The summed E-state index contributed by atoms with van der Waals surface area (Å²) in [6.45, 7) is 1.61. The Morgan fingerprint density at radius 1 is 1.44 bits per heavy atom. The first-order chi connectivity index (χ1) is 8.66. The van der Waals surface area contributed by atoms with Gasteiger partial charge in [-0.2, -0.15) is 0 Å². The number of amides is 1. The lowest BCUT2D eigenvalue weighted by Crippen LogP contribution is -2.40. The molecule has 1 atom stereocenters. The zero-order valence-electron chi connectivity index (χ0n) is 10.0. The van der Waals surface area contributed by atoms with Crippen LogP contribution in [0.3, 0.4) is 0 Å². The molecule has 2 rings (SSSR count). The second-order valence-corrected chi connectivity index (χ2v) is 4.50. The lowest BCUT2D eigenvalue weighted by atomic mass is 9.99. The number of piperidine rings is 1. The molecule has 1 aliphatic heterocycles. The molecule has 3 nitrogen and oxygen atoms in total. The van der Waals surface area contributed by atoms with E-state index < -0.39 is 11.6 Å². The molecule has 0 radical (unpaired) electrons. The van der Waals surface area contributed by atoms with E-state index in [2.05, 4.69) is 10.6 Å². The molecule has 1 heterocycles. The third-order valence-electron chi connectivity index (χ3n) is 3.13. The maximum absolute atomic E-state index is 13.3. The molecule has 1 aromatic carbocycles. The second kappa shape index (κ2) is 5.91. The van der Waals surface area contributed by atoms with E-state index in [-0.39, 0.29) is 23.9 Å². The van der Waals surface area contributed by atoms with E-state index in [0.29, 0.717) is 6.54 Å². The number of benzene rings is 1. The molecule has 1 fully saturated rings. The van der Waals surface area contributed by atoms with E-state index in [1.807, 2.05) is 0 Å². The van der Waals surface area contributed by atoms with Gasteiger partial charge in [-0.1, -0.05) is 0 Å². The predicted molar refractivity (Wildman–Crippen MR) is 63.8 cm³/mol. The number of carbonyl (C=O) groups excluding carboxylic acids is 1. The van der Waals surface area contributed by atoms with Crippen LogP contribution in [0.5, 0.6) is 0 Å². The van der Waals surface area contributed by atoms with Crippen molar-refractivity contribution in [3.63, 3.8) is 0 Å². The minimum absolute atomic E-state index is 0.0267. The zero-order valence-corrected chi connectivity index (χ0v) is 10.0. The van der Waals surface area contributed by atoms with Crippen LogP contribution in [0.15, 0.2) is 18.2 Å². The largest absolute Gasteiger partial charge is 0.352 e. The van der Waals surface area contributed by atoms with Crippen LogP contribution < -0.4 is 10.6 Å². The highest BCUT2D eigenvalue weighted by Crippen LogP contribution is 2.12. The lowest BCUT2D eigenvalue weighted by Gasteiger charge is -2.21. The summed E-state index contributed by atoms with van der Waals surface area (Å²) in [4.78, 5) is 11.8. The molecule has 5 heteroatoms. The minimum atomic E-state index is -0.501. The SMILES string of the molecule is O=C(NCc1cc(F)ccc1F)[C@H]1CCCNC1. The normalized spacial score (nSPS) is 19.6. The topological polar surface area (TPSA) is 41.1 Å². The zero-order chi connectivity index (χ0) is 13.0. The van der Waals surface area contributed by atoms with Gasteiger partial charge in [0.15, 0.2) is 0 Å². The number of rotatable bonds is 3. The summed E-state index contributed by atoms with van der Waals surface area (Å²) in [5.74, 6) is -1.18. The molecule has 0 saturated carbocycles. The Kier molecular flexibility index (Phi) is 4.25. The summed E-state index contributed by atoms with van der Waals surface area (Å²) in [5.41, 5.74) is 0.173. The Balaban J connectivity index is 1.90. The molecule has 1 saturated heterocycles. The Morgan fingerprint density at radius 2 is 2.28 bits per heavy atom. The minimum Gasteiger partial charge on any atom is -0.352 e. The van der Waals surface area contributed by atoms with Crippen LogP contribution >= 0.6 is 0 Å². The van der Waals surface area contributed by atoms with Crippen LogP contribution in [0.25, 0.3) is 0 Å². The summed E-state index contributed by atoms with van der Waals surface area (Å²) in [7, 11) is 0. The molecule has 2 N–H and O–H groups in total. The molecule has 1 aliphatic rings. The molecule has 0 spiro atoms. The van der Waals surface area contributed by atoms with Crippen LogP contribution in [-0.2, 0) is 11.3 Å². The molecule has 0 aromatic heterocycles. The Morgan fingerprint density at radius 3 is 3.00 bits per heavy atom. The smallest absolute Gasteiger partial charge is 0.224 e. The van der Waals surface area contributed by atoms with Gasteiger partial charge in [0.1, 0.15) is 11.6 Å². The van der Waals surface area contributed by atoms with Crippen LogP contribution in [-0.4, -0.2) is 19.0 Å². The Hall–Kier alpha value is -1.49. The quantitative estimate of drug-likeness (QED) is 0.860. The monoisotopic (exact) mass is 254 g/mol. The fourth-order valence-corrected chi connectivity index (χ4v) is 2.08. The highest BCUT2D eigenvalue weighted by atomic mass is 19.1. The summed E-state index contributed by atoms with van der Waals surface area (Å²) in [5, 5.41) is 5.79. The number of nitrogens with one attached hydrogen (secondary N) is 2. The number of carbonyl (C=O) groups is 1. The first kappa shape index (κ1) is 13.0. The molecular formula is C13H16F2N2O. The second-order valence-electron chi connectivity index (χ2n) is 4.50. The van der Waals surface area contributed by atoms with E-state index in [1.165, 1.54) is 0 Å². The lowest BCUT2D eigenvalue weighted by molar-refractivity contribution is -0.125. The third-order valence-corrected chi connectivity index (χ3v) is 3.13. The molecule has 0 unspecified atom stereocenters. The highest BCUT2D eigenvalue weighted by molar-refractivity contribution is 5.78. The van der Waals surface area contributed by atoms with Crippen molar-refractivity contribution in [1.29, 1.82) is 0 Å². The molecule has 1 aromatic rings. The van der Waals surface area contributed by atoms with Crippen molar-refractivity contribution in [3.05, 3.63) is 35.4 Å². The summed E-state index contributed by atoms with van der Waals surface area (Å²) >= 11 is 0. The fraction of sp³-hybridized carbons (Fsp3) is 0.462. The molecule has 18 heavy (non-hydrogen) atoms. The Labute approximate surface area is 105 Å². The Bertz CT molecular complexity index is 431. The van der Waals surface area contributed by atoms with Gasteiger partial charge in [-0.15, -0.1) is 0 Å². The molecule has 98 valence electrons. The maximum atomic E-state index is 13.3. The third kappa shape index (κ3) is 3.26. The average Bonchev–Trinajstić information content (AvgIpc) is 2.40. The van der Waals surface area contributed by atoms with Crippen LogP contribution in [0.4, 0.5) is 8.78 Å². The van der Waals surface area contributed by atoms with Gasteiger partial charge in [-0.3, -0.25) is 4.79 Å². The van der Waals surface area contributed by atoms with Crippen LogP contribution in [0, 0.1) is 17.6 Å². The first-order valence-corrected chi connectivity index (χ1v) is 6.09. The van der Waals surface area contributed by atoms with Gasteiger partial charge in [0.05, 0.1) is 5.92 Å². The number of hydrogen-bond donors (Lipinski definition) is 2. The van der Waals surface area contributed by atoms with Gasteiger partial charge in [0.2, 0.25) is 5.91 Å². The summed E-state index contributed by atoms with van der Waals surface area (Å²) in [6, 6.07) is 3.24. The molecule has 0 bridgehead atoms. The predicted octanol–water partition coefficient (Wildman–Crippen LogP) is 1.58. The summed E-state index contributed by atoms with van der Waals surface area (Å²) < 4.78 is 26.3. The molecule has 1 amide bonds. The first-order valence-electron chi connectivity index (χ1n) is 6.09. The van der Waals surface area contributed by atoms with Crippen LogP contribution in [0.1, 0.15) is 18.4 Å². The van der Waals surface area contributed by atoms with Crippen molar-refractivity contribution >= 4 is 5.91 Å². The van der Waals surface area contributed by atoms with Gasteiger partial charge >= 0.3 is 0 Å². The standard InChI is InChI=1S/C13H16F2N2O/c14-11-3-4-12(15)10(6-11)8-17-13(18)9-2-1-5-16-7-9/h3-4,6,9,16H,1-2,5,7-8H2,(H,17,18)/t9-/m0/s1. The van der Waals surface area contributed by atoms with Gasteiger partial charge < -0.3 is 10.6 Å². The van der Waals surface area contributed by atoms with Crippen molar-refractivity contribution < 1.29 is 13.6 Å². The van der Waals surface area contributed by atoms with Gasteiger partial charge in [0.25, 0.3) is 0 Å². The van der Waals surface area contributed by atoms with Crippen molar-refractivity contribution in [2.75, 3.05) is 13.1 Å². The van der Waals surface area contributed by atoms with Crippen molar-refractivity contribution in [2.24, 2.45) is 5.92 Å².